The molecule has 4 heteroatoms. The van der Waals surface area contributed by atoms with Gasteiger partial charge in [-0.3, -0.25) is 4.98 Å². The molecule has 3 nitrogen and oxygen atoms in total. The van der Waals surface area contributed by atoms with Gasteiger partial charge < -0.3 is 9.47 Å². The molecule has 0 aromatic carbocycles. The first-order chi connectivity index (χ1) is 6.31. The van der Waals surface area contributed by atoms with E-state index in [0.29, 0.717) is 6.10 Å². The van der Waals surface area contributed by atoms with Gasteiger partial charge >= 0.3 is 0 Å². The van der Waals surface area contributed by atoms with Crippen LogP contribution in [-0.2, 0) is 0 Å². The summed E-state index contributed by atoms with van der Waals surface area (Å²) in [5, 5.41) is 0. The molecule has 2 rings (SSSR count). The first-order valence-corrected chi connectivity index (χ1v) is 5.23. The highest BCUT2D eigenvalue weighted by molar-refractivity contribution is 14.1. The molecular weight excluding hydrogens is 281 g/mol. The minimum absolute atomic E-state index is 0.383. The van der Waals surface area contributed by atoms with E-state index < -0.39 is 0 Å². The Morgan fingerprint density at radius 3 is 2.85 bits per heavy atom. The van der Waals surface area contributed by atoms with E-state index in [0.717, 1.165) is 27.9 Å². The first-order valence-electron chi connectivity index (χ1n) is 4.15. The minimum atomic E-state index is 0.383. The van der Waals surface area contributed by atoms with Crippen LogP contribution in [0.2, 0.25) is 0 Å². The number of aromatic nitrogens is 1. The highest BCUT2D eigenvalue weighted by atomic mass is 127. The maximum absolute atomic E-state index is 5.64. The Labute approximate surface area is 90.6 Å². The number of hydrogen-bond acceptors (Lipinski definition) is 3. The molecule has 0 bridgehead atoms. The van der Waals surface area contributed by atoms with E-state index in [1.165, 1.54) is 0 Å². The molecule has 0 spiro atoms. The fraction of sp³-hybridized carbons (Fsp3) is 0.444. The van der Waals surface area contributed by atoms with Crippen LogP contribution in [0.3, 0.4) is 0 Å². The van der Waals surface area contributed by atoms with Gasteiger partial charge in [0.25, 0.3) is 0 Å². The van der Waals surface area contributed by atoms with Crippen molar-refractivity contribution in [2.45, 2.75) is 18.9 Å². The summed E-state index contributed by atoms with van der Waals surface area (Å²) in [6, 6.07) is 0. The van der Waals surface area contributed by atoms with Crippen LogP contribution in [0.25, 0.3) is 0 Å². The van der Waals surface area contributed by atoms with Gasteiger partial charge in [0.05, 0.1) is 23.0 Å². The number of rotatable bonds is 3. The second kappa shape index (κ2) is 3.69. The van der Waals surface area contributed by atoms with E-state index in [4.69, 9.17) is 9.47 Å². The standard InChI is InChI=1S/C9H10INO2/c1-12-9-7(10)4-11-5-8(9)13-6-2-3-6/h4-6H,2-3H2,1H3. The lowest BCUT2D eigenvalue weighted by molar-refractivity contribution is 0.280. The fourth-order valence-corrected chi connectivity index (χ4v) is 1.70. The highest BCUT2D eigenvalue weighted by Crippen LogP contribution is 2.35. The van der Waals surface area contributed by atoms with Crippen LogP contribution in [0.5, 0.6) is 11.5 Å². The Morgan fingerprint density at radius 2 is 2.23 bits per heavy atom. The predicted octanol–water partition coefficient (Wildman–Crippen LogP) is 2.24. The van der Waals surface area contributed by atoms with Gasteiger partial charge in [-0.2, -0.15) is 0 Å². The Balaban J connectivity index is 2.25. The SMILES string of the molecule is COc1c(I)cncc1OC1CC1. The first kappa shape index (κ1) is 9.05. The van der Waals surface area contributed by atoms with Crippen molar-refractivity contribution in [1.29, 1.82) is 0 Å². The van der Waals surface area contributed by atoms with E-state index in [1.807, 2.05) is 0 Å². The number of hydrogen-bond donors (Lipinski definition) is 0. The summed E-state index contributed by atoms with van der Waals surface area (Å²) >= 11 is 2.19. The third-order valence-corrected chi connectivity index (χ3v) is 2.61. The van der Waals surface area contributed by atoms with Gasteiger partial charge in [-0.25, -0.2) is 0 Å². The summed E-state index contributed by atoms with van der Waals surface area (Å²) in [4.78, 5) is 4.06. The lowest BCUT2D eigenvalue weighted by atomic mass is 10.4. The zero-order valence-electron chi connectivity index (χ0n) is 7.29. The molecule has 1 aliphatic rings. The maximum atomic E-state index is 5.64. The van der Waals surface area contributed by atoms with Crippen LogP contribution in [-0.4, -0.2) is 18.2 Å². The third-order valence-electron chi connectivity index (χ3n) is 1.84. The molecule has 1 aromatic rings. The fourth-order valence-electron chi connectivity index (χ4n) is 1.05. The number of halogens is 1. The van der Waals surface area contributed by atoms with Gasteiger partial charge in [0.15, 0.2) is 11.5 Å². The largest absolute Gasteiger partial charge is 0.492 e. The Bertz CT molecular complexity index is 312. The molecule has 0 saturated heterocycles. The van der Waals surface area contributed by atoms with Crippen molar-refractivity contribution in [3.8, 4) is 11.5 Å². The zero-order chi connectivity index (χ0) is 9.26. The molecular formula is C9H10INO2. The lowest BCUT2D eigenvalue weighted by Gasteiger charge is -2.09. The Hall–Kier alpha value is -0.520. The molecule has 0 N–H and O–H groups in total. The Morgan fingerprint density at radius 1 is 1.46 bits per heavy atom. The van der Waals surface area contributed by atoms with Crippen molar-refractivity contribution in [3.05, 3.63) is 16.0 Å². The van der Waals surface area contributed by atoms with Crippen molar-refractivity contribution in [2.75, 3.05) is 7.11 Å². The van der Waals surface area contributed by atoms with Crippen LogP contribution in [0.15, 0.2) is 12.4 Å². The van der Waals surface area contributed by atoms with Crippen molar-refractivity contribution < 1.29 is 9.47 Å². The molecule has 1 aromatic heterocycles. The van der Waals surface area contributed by atoms with Gasteiger partial charge in [0, 0.05) is 6.20 Å². The van der Waals surface area contributed by atoms with Crippen molar-refractivity contribution in [3.63, 3.8) is 0 Å². The molecule has 0 atom stereocenters. The molecule has 0 radical (unpaired) electrons. The van der Waals surface area contributed by atoms with Crippen molar-refractivity contribution in [1.82, 2.24) is 4.98 Å². The molecule has 0 amide bonds. The quantitative estimate of drug-likeness (QED) is 0.800. The Kier molecular flexibility index (Phi) is 2.57. The molecule has 1 heterocycles. The number of pyridine rings is 1. The van der Waals surface area contributed by atoms with Crippen LogP contribution in [0.1, 0.15) is 12.8 Å². The van der Waals surface area contributed by atoms with Gasteiger partial charge in [0.1, 0.15) is 0 Å². The van der Waals surface area contributed by atoms with E-state index in [-0.39, 0.29) is 0 Å². The average molecular weight is 291 g/mol. The summed E-state index contributed by atoms with van der Waals surface area (Å²) in [5.74, 6) is 1.56. The maximum Gasteiger partial charge on any atom is 0.180 e. The van der Waals surface area contributed by atoms with Gasteiger partial charge in [0.2, 0.25) is 0 Å². The summed E-state index contributed by atoms with van der Waals surface area (Å²) in [7, 11) is 1.65. The summed E-state index contributed by atoms with van der Waals surface area (Å²) < 4.78 is 11.9. The summed E-state index contributed by atoms with van der Waals surface area (Å²) in [5.41, 5.74) is 0. The summed E-state index contributed by atoms with van der Waals surface area (Å²) in [6.07, 6.45) is 6.15. The summed E-state index contributed by atoms with van der Waals surface area (Å²) in [6.45, 7) is 0. The lowest BCUT2D eigenvalue weighted by Crippen LogP contribution is -2.00. The molecule has 1 fully saturated rings. The number of methoxy groups -OCH3 is 1. The van der Waals surface area contributed by atoms with Gasteiger partial charge in [-0.1, -0.05) is 0 Å². The third kappa shape index (κ3) is 2.04. The van der Waals surface area contributed by atoms with Crippen LogP contribution < -0.4 is 9.47 Å². The normalized spacial score (nSPS) is 15.5. The average Bonchev–Trinajstić information content (AvgIpc) is 2.89. The van der Waals surface area contributed by atoms with E-state index >= 15 is 0 Å². The number of ether oxygens (including phenoxy) is 2. The highest BCUT2D eigenvalue weighted by Gasteiger charge is 2.25. The second-order valence-corrected chi connectivity index (χ2v) is 4.13. The topological polar surface area (TPSA) is 31.4 Å². The molecule has 13 heavy (non-hydrogen) atoms. The van der Waals surface area contributed by atoms with Crippen LogP contribution >= 0.6 is 22.6 Å². The number of nitrogens with zero attached hydrogens (tertiary/aromatic N) is 1. The molecule has 1 aliphatic carbocycles. The molecule has 0 unspecified atom stereocenters. The van der Waals surface area contributed by atoms with E-state index in [9.17, 15) is 0 Å². The predicted molar refractivity (Wildman–Crippen MR) is 57.2 cm³/mol. The van der Waals surface area contributed by atoms with E-state index in [2.05, 4.69) is 27.6 Å². The minimum Gasteiger partial charge on any atom is -0.492 e. The zero-order valence-corrected chi connectivity index (χ0v) is 9.45. The molecule has 70 valence electrons. The second-order valence-electron chi connectivity index (χ2n) is 2.97. The smallest absolute Gasteiger partial charge is 0.180 e. The van der Waals surface area contributed by atoms with Crippen molar-refractivity contribution in [2.24, 2.45) is 0 Å². The van der Waals surface area contributed by atoms with Gasteiger partial charge in [-0.05, 0) is 35.4 Å². The van der Waals surface area contributed by atoms with E-state index in [1.54, 1.807) is 19.5 Å². The van der Waals surface area contributed by atoms with Crippen LogP contribution in [0, 0.1) is 3.57 Å². The van der Waals surface area contributed by atoms with Crippen LogP contribution in [0.4, 0.5) is 0 Å². The monoisotopic (exact) mass is 291 g/mol. The van der Waals surface area contributed by atoms with Crippen molar-refractivity contribution >= 4 is 22.6 Å². The molecule has 0 aliphatic heterocycles. The molecule has 1 saturated carbocycles. The van der Waals surface area contributed by atoms with Gasteiger partial charge in [-0.15, -0.1) is 0 Å².